The summed E-state index contributed by atoms with van der Waals surface area (Å²) >= 11 is 0. The Morgan fingerprint density at radius 1 is 0.925 bits per heavy atom. The van der Waals surface area contributed by atoms with Crippen LogP contribution in [-0.2, 0) is 26.5 Å². The molecule has 0 fully saturated rings. The first-order chi connectivity index (χ1) is 18.8. The second-order valence-corrected chi connectivity index (χ2v) is 13.0. The monoisotopic (exact) mass is 578 g/mol. The number of nitriles is 2. The Morgan fingerprint density at radius 2 is 1.62 bits per heavy atom. The fraction of sp³-hybridized carbons (Fsp3) is 0.179. The number of anilines is 1. The Kier molecular flexibility index (Phi) is 7.52. The van der Waals surface area contributed by atoms with Crippen molar-refractivity contribution < 1.29 is 26.0 Å². The zero-order valence-corrected chi connectivity index (χ0v) is 23.3. The van der Waals surface area contributed by atoms with Crippen LogP contribution in [0.2, 0.25) is 0 Å². The molecule has 0 radical (unpaired) electrons. The van der Waals surface area contributed by atoms with E-state index in [1.807, 2.05) is 12.1 Å². The number of allylic oxidation sites excluding steroid dienone is 1. The van der Waals surface area contributed by atoms with Crippen molar-refractivity contribution in [3.05, 3.63) is 100 Å². The molecule has 204 valence electrons. The number of rotatable bonds is 6. The molecule has 12 heteroatoms. The van der Waals surface area contributed by atoms with Crippen LogP contribution in [0.25, 0.3) is 0 Å². The molecule has 0 unspecified atom stereocenters. The number of sulfone groups is 1. The Hall–Kier alpha value is -4.52. The van der Waals surface area contributed by atoms with Gasteiger partial charge in [-0.25, -0.2) is 30.3 Å². The number of nitrogens with zero attached hydrogens (tertiary/aromatic N) is 4. The number of carbonyl (C=O) groups excluding carboxylic acids is 1. The smallest absolute Gasteiger partial charge is 0.265 e. The van der Waals surface area contributed by atoms with Gasteiger partial charge in [0.05, 0.1) is 38.8 Å². The fourth-order valence-corrected chi connectivity index (χ4v) is 7.12. The molecule has 0 bridgehead atoms. The highest BCUT2D eigenvalue weighted by Gasteiger charge is 2.48. The number of amides is 2. The van der Waals surface area contributed by atoms with Crippen LogP contribution in [0.3, 0.4) is 0 Å². The highest BCUT2D eigenvalue weighted by Crippen LogP contribution is 2.44. The molecule has 40 heavy (non-hydrogen) atoms. The average Bonchev–Trinajstić information content (AvgIpc) is 2.92. The average molecular weight is 579 g/mol. The van der Waals surface area contributed by atoms with Gasteiger partial charge < -0.3 is 0 Å². The predicted octanol–water partition coefficient (Wildman–Crippen LogP) is 4.91. The van der Waals surface area contributed by atoms with Crippen molar-refractivity contribution in [2.45, 2.75) is 36.4 Å². The van der Waals surface area contributed by atoms with E-state index in [0.29, 0.717) is 9.87 Å². The van der Waals surface area contributed by atoms with E-state index in [9.17, 15) is 36.5 Å². The summed E-state index contributed by atoms with van der Waals surface area (Å²) in [6.07, 6.45) is 0.883. The van der Waals surface area contributed by atoms with E-state index in [-0.39, 0.29) is 38.5 Å². The van der Waals surface area contributed by atoms with Gasteiger partial charge in [0.25, 0.3) is 10.0 Å². The summed E-state index contributed by atoms with van der Waals surface area (Å²) in [7, 11) is -8.78. The zero-order chi connectivity index (χ0) is 29.4. The van der Waals surface area contributed by atoms with Crippen molar-refractivity contribution in [2.24, 2.45) is 0 Å². The summed E-state index contributed by atoms with van der Waals surface area (Å²) in [5.41, 5.74) is 0.554. The SMILES string of the molecule is CC1=C(C#N)[C@@H](c2ccc(C#N)cc2S(C)(=O)=O)N(S(=O)(=O)c2cccc(C)c2)C(=O)N1c1cccc(CF)c1. The fourth-order valence-electron chi connectivity index (χ4n) is 4.58. The van der Waals surface area contributed by atoms with Gasteiger partial charge in [-0.05, 0) is 66.9 Å². The minimum atomic E-state index is -4.71. The van der Waals surface area contributed by atoms with Crippen LogP contribution in [-0.4, -0.2) is 33.4 Å². The summed E-state index contributed by atoms with van der Waals surface area (Å²) in [5.74, 6) is 0. The number of benzene rings is 3. The van der Waals surface area contributed by atoms with Crippen LogP contribution in [0.5, 0.6) is 0 Å². The number of halogens is 1. The number of urea groups is 1. The van der Waals surface area contributed by atoms with E-state index >= 15 is 0 Å². The van der Waals surface area contributed by atoms with Crippen molar-refractivity contribution in [3.63, 3.8) is 0 Å². The lowest BCUT2D eigenvalue weighted by atomic mass is 9.94. The molecule has 0 N–H and O–H groups in total. The quantitative estimate of drug-likeness (QED) is 0.405. The molecule has 0 aromatic heterocycles. The standard InChI is InChI=1S/C28H23FN4O5S2/c1-18-6-4-9-23(12-18)40(37,38)33-27(24-11-10-21(16-30)14-26(24)39(3,35)36)25(17-31)19(2)32(28(33)34)22-8-5-7-20(13-22)15-29/h4-14,27H,15H2,1-3H3/t27-/m1/s1. The molecule has 1 atom stereocenters. The van der Waals surface area contributed by atoms with Crippen molar-refractivity contribution >= 4 is 31.6 Å². The second kappa shape index (κ2) is 10.6. The summed E-state index contributed by atoms with van der Waals surface area (Å²) in [4.78, 5) is 14.5. The first-order valence-corrected chi connectivity index (χ1v) is 15.1. The molecule has 0 saturated carbocycles. The van der Waals surface area contributed by atoms with Gasteiger partial charge in [0.2, 0.25) is 0 Å². The lowest BCUT2D eigenvalue weighted by molar-refractivity contribution is 0.220. The van der Waals surface area contributed by atoms with Gasteiger partial charge in [-0.2, -0.15) is 10.5 Å². The third-order valence-electron chi connectivity index (χ3n) is 6.44. The topological polar surface area (TPSA) is 139 Å². The van der Waals surface area contributed by atoms with Crippen molar-refractivity contribution in [1.82, 2.24) is 4.31 Å². The molecular formula is C28H23FN4O5S2. The van der Waals surface area contributed by atoms with E-state index in [1.54, 1.807) is 13.0 Å². The van der Waals surface area contributed by atoms with Gasteiger partial charge in [0.15, 0.2) is 9.84 Å². The molecule has 9 nitrogen and oxygen atoms in total. The summed E-state index contributed by atoms with van der Waals surface area (Å²) in [6, 6.07) is 16.2. The number of aryl methyl sites for hydroxylation is 1. The molecule has 4 rings (SSSR count). The Balaban J connectivity index is 2.12. The molecular weight excluding hydrogens is 555 g/mol. The van der Waals surface area contributed by atoms with Gasteiger partial charge >= 0.3 is 6.03 Å². The number of hydrogen-bond donors (Lipinski definition) is 0. The molecule has 0 aliphatic carbocycles. The molecule has 3 aromatic rings. The van der Waals surface area contributed by atoms with E-state index in [0.717, 1.165) is 17.2 Å². The van der Waals surface area contributed by atoms with Crippen LogP contribution >= 0.6 is 0 Å². The molecule has 1 aliphatic rings. The van der Waals surface area contributed by atoms with E-state index in [2.05, 4.69) is 0 Å². The summed E-state index contributed by atoms with van der Waals surface area (Å²) in [5, 5.41) is 19.7. The number of hydrogen-bond acceptors (Lipinski definition) is 7. The third-order valence-corrected chi connectivity index (χ3v) is 9.33. The highest BCUT2D eigenvalue weighted by atomic mass is 32.2. The lowest BCUT2D eigenvalue weighted by Crippen LogP contribution is -2.52. The van der Waals surface area contributed by atoms with E-state index in [1.165, 1.54) is 61.5 Å². The van der Waals surface area contributed by atoms with Crippen LogP contribution in [0, 0.1) is 29.6 Å². The lowest BCUT2D eigenvalue weighted by Gasteiger charge is -2.41. The molecule has 0 saturated heterocycles. The second-order valence-electron chi connectivity index (χ2n) is 9.19. The first-order valence-electron chi connectivity index (χ1n) is 11.8. The van der Waals surface area contributed by atoms with Crippen LogP contribution in [0.1, 0.15) is 35.2 Å². The number of alkyl halides is 1. The molecule has 3 aromatic carbocycles. The number of sulfonamides is 1. The maximum absolute atomic E-state index is 14.2. The minimum absolute atomic E-state index is 0.0109. The Morgan fingerprint density at radius 3 is 2.23 bits per heavy atom. The maximum atomic E-state index is 14.2. The molecule has 1 heterocycles. The summed E-state index contributed by atoms with van der Waals surface area (Å²) < 4.78 is 68.0. The molecule has 0 spiro atoms. The predicted molar refractivity (Wildman–Crippen MR) is 145 cm³/mol. The Bertz CT molecular complexity index is 1870. The van der Waals surface area contributed by atoms with Crippen LogP contribution < -0.4 is 4.90 Å². The molecule has 2 amide bonds. The first kappa shape index (κ1) is 28.5. The van der Waals surface area contributed by atoms with Gasteiger partial charge in [0, 0.05) is 12.0 Å². The highest BCUT2D eigenvalue weighted by molar-refractivity contribution is 7.91. The van der Waals surface area contributed by atoms with E-state index in [4.69, 9.17) is 0 Å². The van der Waals surface area contributed by atoms with Crippen LogP contribution in [0.15, 0.2) is 87.8 Å². The third kappa shape index (κ3) is 4.95. The van der Waals surface area contributed by atoms with Gasteiger partial charge in [-0.3, -0.25) is 4.90 Å². The normalized spacial score (nSPS) is 16.1. The Labute approximate surface area is 232 Å². The van der Waals surface area contributed by atoms with E-state index < -0.39 is 43.5 Å². The van der Waals surface area contributed by atoms with Crippen molar-refractivity contribution in [3.8, 4) is 12.1 Å². The van der Waals surface area contributed by atoms with Gasteiger partial charge in [-0.1, -0.05) is 30.3 Å². The summed E-state index contributed by atoms with van der Waals surface area (Å²) in [6.45, 7) is 2.24. The largest absolute Gasteiger partial charge is 0.343 e. The zero-order valence-electron chi connectivity index (χ0n) is 21.7. The van der Waals surface area contributed by atoms with Gasteiger partial charge in [-0.15, -0.1) is 0 Å². The van der Waals surface area contributed by atoms with Gasteiger partial charge in [0.1, 0.15) is 12.7 Å². The number of carbonyl (C=O) groups is 1. The minimum Gasteiger partial charge on any atom is -0.265 e. The maximum Gasteiger partial charge on any atom is 0.343 e. The van der Waals surface area contributed by atoms with Crippen LogP contribution in [0.4, 0.5) is 14.9 Å². The van der Waals surface area contributed by atoms with Crippen molar-refractivity contribution in [2.75, 3.05) is 11.2 Å². The van der Waals surface area contributed by atoms with Crippen molar-refractivity contribution in [1.29, 1.82) is 10.5 Å². The molecule has 1 aliphatic heterocycles.